The molecule has 2 amide bonds. The molecule has 3 aromatic rings. The minimum Gasteiger partial charge on any atom is -0.441 e. The first-order chi connectivity index (χ1) is 14.4. The van der Waals surface area contributed by atoms with Gasteiger partial charge in [0.25, 0.3) is 0 Å². The highest BCUT2D eigenvalue weighted by atomic mass is 32.2. The van der Waals surface area contributed by atoms with Crippen molar-refractivity contribution in [2.45, 2.75) is 32.1 Å². The fraction of sp³-hybridized carbons (Fsp3) is 0.261. The summed E-state index contributed by atoms with van der Waals surface area (Å²) in [5, 5.41) is 2.88. The standard InChI is InChI=1S/C23H23N3O3S/c1-15-18(24-21(29-15)16-9-5-4-6-10-16)13-30-14-20(27)26-19-12-8-7-11-17(19)25-22(28)23(26,2)3/h4-12H,13-14H2,1-3H3,(H,25,28). The number of rotatable bonds is 5. The lowest BCUT2D eigenvalue weighted by Crippen LogP contribution is -2.58. The van der Waals surface area contributed by atoms with Gasteiger partial charge in [-0.2, -0.15) is 0 Å². The predicted molar refractivity (Wildman–Crippen MR) is 119 cm³/mol. The van der Waals surface area contributed by atoms with Crippen LogP contribution in [0.1, 0.15) is 25.3 Å². The molecule has 30 heavy (non-hydrogen) atoms. The van der Waals surface area contributed by atoms with E-state index in [1.54, 1.807) is 24.8 Å². The van der Waals surface area contributed by atoms with Crippen molar-refractivity contribution in [2.75, 3.05) is 16.0 Å². The molecule has 1 N–H and O–H groups in total. The first kappa shape index (κ1) is 20.2. The molecule has 1 aromatic heterocycles. The van der Waals surface area contributed by atoms with Gasteiger partial charge in [-0.15, -0.1) is 11.8 Å². The van der Waals surface area contributed by atoms with Crippen molar-refractivity contribution in [3.63, 3.8) is 0 Å². The number of aryl methyl sites for hydroxylation is 1. The van der Waals surface area contributed by atoms with E-state index in [9.17, 15) is 9.59 Å². The summed E-state index contributed by atoms with van der Waals surface area (Å²) in [5.41, 5.74) is 2.15. The number of hydrogen-bond acceptors (Lipinski definition) is 5. The van der Waals surface area contributed by atoms with E-state index in [-0.39, 0.29) is 17.6 Å². The molecule has 1 aliphatic rings. The molecule has 0 saturated carbocycles. The first-order valence-corrected chi connectivity index (χ1v) is 10.9. The third-order valence-electron chi connectivity index (χ3n) is 5.13. The van der Waals surface area contributed by atoms with Gasteiger partial charge in [0.1, 0.15) is 11.3 Å². The van der Waals surface area contributed by atoms with Gasteiger partial charge in [-0.25, -0.2) is 4.98 Å². The molecule has 1 aliphatic heterocycles. The Balaban J connectivity index is 1.47. The molecule has 2 aromatic carbocycles. The van der Waals surface area contributed by atoms with Crippen LogP contribution in [-0.2, 0) is 15.3 Å². The van der Waals surface area contributed by atoms with E-state index in [1.165, 1.54) is 11.8 Å². The van der Waals surface area contributed by atoms with E-state index in [2.05, 4.69) is 10.3 Å². The van der Waals surface area contributed by atoms with Crippen LogP contribution < -0.4 is 10.2 Å². The molecule has 154 valence electrons. The lowest BCUT2D eigenvalue weighted by atomic mass is 9.96. The van der Waals surface area contributed by atoms with Gasteiger partial charge in [-0.3, -0.25) is 14.5 Å². The van der Waals surface area contributed by atoms with Crippen molar-refractivity contribution in [3.05, 3.63) is 66.1 Å². The summed E-state index contributed by atoms with van der Waals surface area (Å²) in [6, 6.07) is 17.1. The number of hydrogen-bond donors (Lipinski definition) is 1. The summed E-state index contributed by atoms with van der Waals surface area (Å²) in [4.78, 5) is 31.8. The zero-order valence-electron chi connectivity index (χ0n) is 17.1. The molecular weight excluding hydrogens is 398 g/mol. The number of amides is 2. The van der Waals surface area contributed by atoms with Crippen molar-refractivity contribution in [1.29, 1.82) is 0 Å². The quantitative estimate of drug-likeness (QED) is 0.649. The summed E-state index contributed by atoms with van der Waals surface area (Å²) in [7, 11) is 0. The first-order valence-electron chi connectivity index (χ1n) is 9.71. The second-order valence-corrected chi connectivity index (χ2v) is 8.63. The maximum Gasteiger partial charge on any atom is 0.250 e. The van der Waals surface area contributed by atoms with Crippen molar-refractivity contribution >= 4 is 35.0 Å². The van der Waals surface area contributed by atoms with Crippen LogP contribution in [0.4, 0.5) is 11.4 Å². The van der Waals surface area contributed by atoms with Gasteiger partial charge in [0, 0.05) is 11.3 Å². The number of carbonyl (C=O) groups is 2. The third kappa shape index (κ3) is 3.73. The normalized spacial score (nSPS) is 14.9. The predicted octanol–water partition coefficient (Wildman–Crippen LogP) is 4.65. The molecule has 4 rings (SSSR count). The fourth-order valence-electron chi connectivity index (χ4n) is 3.46. The second-order valence-electron chi connectivity index (χ2n) is 7.64. The Hall–Kier alpha value is -3.06. The molecule has 0 unspecified atom stereocenters. The topological polar surface area (TPSA) is 75.4 Å². The number of fused-ring (bicyclic) bond motifs is 1. The lowest BCUT2D eigenvalue weighted by molar-refractivity contribution is -0.125. The molecule has 7 heteroatoms. The average Bonchev–Trinajstić information content (AvgIpc) is 3.10. The largest absolute Gasteiger partial charge is 0.441 e. The number of oxazole rings is 1. The Kier molecular flexibility index (Phi) is 5.39. The number of thioether (sulfide) groups is 1. The van der Waals surface area contributed by atoms with Crippen LogP contribution in [0.3, 0.4) is 0 Å². The number of nitrogens with zero attached hydrogens (tertiary/aromatic N) is 2. The van der Waals surface area contributed by atoms with E-state index in [4.69, 9.17) is 4.42 Å². The number of benzene rings is 2. The smallest absolute Gasteiger partial charge is 0.250 e. The summed E-state index contributed by atoms with van der Waals surface area (Å²) >= 11 is 1.46. The Morgan fingerprint density at radius 3 is 2.60 bits per heavy atom. The summed E-state index contributed by atoms with van der Waals surface area (Å²) < 4.78 is 5.80. The molecule has 0 atom stereocenters. The van der Waals surface area contributed by atoms with Crippen LogP contribution in [-0.4, -0.2) is 28.1 Å². The van der Waals surface area contributed by atoms with E-state index >= 15 is 0 Å². The Bertz CT molecular complexity index is 1090. The van der Waals surface area contributed by atoms with E-state index in [0.717, 1.165) is 22.7 Å². The summed E-state index contributed by atoms with van der Waals surface area (Å²) in [5.74, 6) is 1.80. The maximum atomic E-state index is 13.1. The van der Waals surface area contributed by atoms with Crippen molar-refractivity contribution in [2.24, 2.45) is 0 Å². The van der Waals surface area contributed by atoms with Gasteiger partial charge in [0.05, 0.1) is 22.8 Å². The van der Waals surface area contributed by atoms with E-state index in [0.29, 0.717) is 17.3 Å². The van der Waals surface area contributed by atoms with Crippen LogP contribution in [0.2, 0.25) is 0 Å². The molecule has 0 radical (unpaired) electrons. The van der Waals surface area contributed by atoms with Crippen LogP contribution in [0.25, 0.3) is 11.5 Å². The number of nitrogens with one attached hydrogen (secondary N) is 1. The SMILES string of the molecule is Cc1oc(-c2ccccc2)nc1CSCC(=O)N1c2ccccc2NC(=O)C1(C)C. The van der Waals surface area contributed by atoms with Gasteiger partial charge in [0.15, 0.2) is 0 Å². The maximum absolute atomic E-state index is 13.1. The highest BCUT2D eigenvalue weighted by Crippen LogP contribution is 2.37. The van der Waals surface area contributed by atoms with Crippen LogP contribution in [0, 0.1) is 6.92 Å². The molecule has 0 spiro atoms. The Morgan fingerprint density at radius 2 is 1.83 bits per heavy atom. The molecule has 0 bridgehead atoms. The van der Waals surface area contributed by atoms with Crippen LogP contribution >= 0.6 is 11.8 Å². The molecule has 2 heterocycles. The number of carbonyl (C=O) groups excluding carboxylic acids is 2. The number of para-hydroxylation sites is 2. The highest BCUT2D eigenvalue weighted by Gasteiger charge is 2.43. The van der Waals surface area contributed by atoms with Crippen molar-refractivity contribution < 1.29 is 14.0 Å². The third-order valence-corrected chi connectivity index (χ3v) is 6.06. The summed E-state index contributed by atoms with van der Waals surface area (Å²) in [6.45, 7) is 5.40. The van der Waals surface area contributed by atoms with Gasteiger partial charge in [-0.05, 0) is 45.0 Å². The monoisotopic (exact) mass is 421 g/mol. The molecular formula is C23H23N3O3S. The molecule has 6 nitrogen and oxygen atoms in total. The average molecular weight is 422 g/mol. The van der Waals surface area contributed by atoms with E-state index < -0.39 is 5.54 Å². The van der Waals surface area contributed by atoms with E-state index in [1.807, 2.05) is 55.5 Å². The van der Waals surface area contributed by atoms with Gasteiger partial charge in [-0.1, -0.05) is 30.3 Å². The minimum atomic E-state index is -0.962. The number of anilines is 2. The van der Waals surface area contributed by atoms with Gasteiger partial charge in [0.2, 0.25) is 17.7 Å². The van der Waals surface area contributed by atoms with Crippen molar-refractivity contribution in [3.8, 4) is 11.5 Å². The zero-order chi connectivity index (χ0) is 21.3. The Labute approximate surface area is 179 Å². The van der Waals surface area contributed by atoms with Crippen LogP contribution in [0.5, 0.6) is 0 Å². The highest BCUT2D eigenvalue weighted by molar-refractivity contribution is 7.99. The fourth-order valence-corrected chi connectivity index (χ4v) is 4.33. The summed E-state index contributed by atoms with van der Waals surface area (Å²) in [6.07, 6.45) is 0. The van der Waals surface area contributed by atoms with Crippen LogP contribution in [0.15, 0.2) is 59.0 Å². The zero-order valence-corrected chi connectivity index (χ0v) is 18.0. The van der Waals surface area contributed by atoms with Crippen molar-refractivity contribution in [1.82, 2.24) is 4.98 Å². The Morgan fingerprint density at radius 1 is 1.13 bits per heavy atom. The molecule has 0 saturated heterocycles. The number of aromatic nitrogens is 1. The van der Waals surface area contributed by atoms with Gasteiger partial charge < -0.3 is 9.73 Å². The lowest BCUT2D eigenvalue weighted by Gasteiger charge is -2.42. The van der Waals surface area contributed by atoms with Gasteiger partial charge >= 0.3 is 0 Å². The molecule has 0 fully saturated rings. The molecule has 0 aliphatic carbocycles. The minimum absolute atomic E-state index is 0.114. The second kappa shape index (κ2) is 7.99.